The maximum atomic E-state index is 12.4. The maximum Gasteiger partial charge on any atom is 0.256 e. The summed E-state index contributed by atoms with van der Waals surface area (Å²) in [7, 11) is -0.706. The normalized spacial score (nSPS) is 11.6. The third kappa shape index (κ3) is 3.52. The largest absolute Gasteiger partial charge is 0.307 e. The number of sulfonamides is 1. The molecule has 1 heterocycles. The van der Waals surface area contributed by atoms with Gasteiger partial charge < -0.3 is 5.32 Å². The number of anilines is 1. The Morgan fingerprint density at radius 2 is 1.76 bits per heavy atom. The van der Waals surface area contributed by atoms with Crippen molar-refractivity contribution in [1.29, 1.82) is 0 Å². The van der Waals surface area contributed by atoms with Crippen LogP contribution in [-0.4, -0.2) is 37.7 Å². The highest BCUT2D eigenvalue weighted by molar-refractivity contribution is 7.89. The molecule has 0 radical (unpaired) electrons. The quantitative estimate of drug-likeness (QED) is 0.780. The van der Waals surface area contributed by atoms with Crippen LogP contribution in [0.3, 0.4) is 0 Å². The summed E-state index contributed by atoms with van der Waals surface area (Å²) in [6.07, 6.45) is 0. The van der Waals surface area contributed by atoms with Crippen LogP contribution in [-0.2, 0) is 10.0 Å². The van der Waals surface area contributed by atoms with Gasteiger partial charge in [-0.1, -0.05) is 24.3 Å². The van der Waals surface area contributed by atoms with Crippen molar-refractivity contribution in [2.45, 2.75) is 4.90 Å². The smallest absolute Gasteiger partial charge is 0.256 e. The van der Waals surface area contributed by atoms with Crippen LogP contribution < -0.4 is 5.32 Å². The van der Waals surface area contributed by atoms with Gasteiger partial charge in [-0.2, -0.15) is 0 Å². The number of nitrogens with zero attached hydrogens (tertiary/aromatic N) is 2. The number of para-hydroxylation sites is 1. The first-order chi connectivity index (χ1) is 11.9. The summed E-state index contributed by atoms with van der Waals surface area (Å²) in [4.78, 5) is 16.9. The van der Waals surface area contributed by atoms with Crippen molar-refractivity contribution in [3.8, 4) is 0 Å². The highest BCUT2D eigenvalue weighted by Crippen LogP contribution is 2.18. The van der Waals surface area contributed by atoms with Crippen molar-refractivity contribution >= 4 is 32.7 Å². The van der Waals surface area contributed by atoms with E-state index >= 15 is 0 Å². The predicted molar refractivity (Wildman–Crippen MR) is 97.0 cm³/mol. The molecule has 3 aromatic rings. The van der Waals surface area contributed by atoms with Crippen LogP contribution in [0.1, 0.15) is 10.4 Å². The zero-order valence-electron chi connectivity index (χ0n) is 13.8. The number of carbonyl (C=O) groups excluding carboxylic acids is 1. The fourth-order valence-electron chi connectivity index (χ4n) is 2.33. The molecule has 0 bridgehead atoms. The molecular formula is C18H17N3O3S. The van der Waals surface area contributed by atoms with Gasteiger partial charge in [-0.3, -0.25) is 4.79 Å². The van der Waals surface area contributed by atoms with Gasteiger partial charge in [0.2, 0.25) is 10.0 Å². The number of benzene rings is 2. The molecule has 128 valence electrons. The van der Waals surface area contributed by atoms with E-state index in [4.69, 9.17) is 0 Å². The summed E-state index contributed by atoms with van der Waals surface area (Å²) < 4.78 is 25.5. The van der Waals surface area contributed by atoms with E-state index in [2.05, 4.69) is 10.3 Å². The molecule has 0 aliphatic heterocycles. The highest BCUT2D eigenvalue weighted by atomic mass is 32.2. The Balaban J connectivity index is 1.88. The van der Waals surface area contributed by atoms with Crippen LogP contribution in [0.4, 0.5) is 5.82 Å². The number of carbonyl (C=O) groups is 1. The van der Waals surface area contributed by atoms with Gasteiger partial charge in [-0.25, -0.2) is 17.7 Å². The van der Waals surface area contributed by atoms with Crippen molar-refractivity contribution < 1.29 is 13.2 Å². The first kappa shape index (κ1) is 17.1. The van der Waals surface area contributed by atoms with Crippen molar-refractivity contribution in [2.75, 3.05) is 19.4 Å². The lowest BCUT2D eigenvalue weighted by Gasteiger charge is -2.12. The third-order valence-electron chi connectivity index (χ3n) is 3.71. The van der Waals surface area contributed by atoms with E-state index in [1.807, 2.05) is 30.3 Å². The summed E-state index contributed by atoms with van der Waals surface area (Å²) in [6.45, 7) is 0. The third-order valence-corrected chi connectivity index (χ3v) is 5.53. The number of fused-ring (bicyclic) bond motifs is 1. The van der Waals surface area contributed by atoms with Gasteiger partial charge in [0, 0.05) is 25.0 Å². The molecule has 1 N–H and O–H groups in total. The van der Waals surface area contributed by atoms with Crippen molar-refractivity contribution in [3.05, 3.63) is 66.2 Å². The molecule has 0 fully saturated rings. The maximum absolute atomic E-state index is 12.4. The van der Waals surface area contributed by atoms with E-state index in [0.717, 1.165) is 15.2 Å². The monoisotopic (exact) mass is 355 g/mol. The number of rotatable bonds is 4. The molecule has 1 amide bonds. The van der Waals surface area contributed by atoms with Crippen LogP contribution in [0.15, 0.2) is 65.6 Å². The summed E-state index contributed by atoms with van der Waals surface area (Å²) in [5.41, 5.74) is 1.02. The Morgan fingerprint density at radius 3 is 2.52 bits per heavy atom. The van der Waals surface area contributed by atoms with Gasteiger partial charge in [-0.05, 0) is 36.4 Å². The van der Waals surface area contributed by atoms with E-state index in [0.29, 0.717) is 5.82 Å². The standard InChI is InChI=1S/C18H17N3O3S/c1-21(2)25(23,24)15-8-5-7-14(12-15)18(22)20-17-11-10-13-6-3-4-9-16(13)19-17/h3-12H,1-2H3,(H,19,20,22). The van der Waals surface area contributed by atoms with Gasteiger partial charge in [-0.15, -0.1) is 0 Å². The first-order valence-electron chi connectivity index (χ1n) is 7.58. The average molecular weight is 355 g/mol. The molecule has 0 aliphatic carbocycles. The lowest BCUT2D eigenvalue weighted by Crippen LogP contribution is -2.22. The minimum atomic E-state index is -3.60. The predicted octanol–water partition coefficient (Wildman–Crippen LogP) is 2.74. The molecule has 0 unspecified atom stereocenters. The zero-order chi connectivity index (χ0) is 18.0. The summed E-state index contributed by atoms with van der Waals surface area (Å²) in [5.74, 6) is -0.0110. The number of aromatic nitrogens is 1. The van der Waals surface area contributed by atoms with Crippen LogP contribution in [0.2, 0.25) is 0 Å². The SMILES string of the molecule is CN(C)S(=O)(=O)c1cccc(C(=O)Nc2ccc3ccccc3n2)c1. The topological polar surface area (TPSA) is 79.4 Å². The Morgan fingerprint density at radius 1 is 1.00 bits per heavy atom. The molecular weight excluding hydrogens is 338 g/mol. The van der Waals surface area contributed by atoms with Gasteiger partial charge in [0.25, 0.3) is 5.91 Å². The van der Waals surface area contributed by atoms with E-state index in [1.165, 1.54) is 26.2 Å². The van der Waals surface area contributed by atoms with E-state index in [1.54, 1.807) is 18.2 Å². The molecule has 7 heteroatoms. The molecule has 25 heavy (non-hydrogen) atoms. The second-order valence-electron chi connectivity index (χ2n) is 5.66. The van der Waals surface area contributed by atoms with Gasteiger partial charge in [0.1, 0.15) is 5.82 Å². The van der Waals surface area contributed by atoms with Gasteiger partial charge >= 0.3 is 0 Å². The second-order valence-corrected chi connectivity index (χ2v) is 7.81. The molecule has 0 saturated heterocycles. The highest BCUT2D eigenvalue weighted by Gasteiger charge is 2.18. The molecule has 3 rings (SSSR count). The molecule has 0 saturated carbocycles. The van der Waals surface area contributed by atoms with E-state index in [9.17, 15) is 13.2 Å². The lowest BCUT2D eigenvalue weighted by molar-refractivity contribution is 0.102. The van der Waals surface area contributed by atoms with E-state index < -0.39 is 15.9 Å². The number of pyridine rings is 1. The minimum Gasteiger partial charge on any atom is -0.307 e. The number of hydrogen-bond acceptors (Lipinski definition) is 4. The van der Waals surface area contributed by atoms with Crippen molar-refractivity contribution in [2.24, 2.45) is 0 Å². The lowest BCUT2D eigenvalue weighted by atomic mass is 10.2. The summed E-state index contributed by atoms with van der Waals surface area (Å²) >= 11 is 0. The fraction of sp³-hybridized carbons (Fsp3) is 0.111. The van der Waals surface area contributed by atoms with Crippen LogP contribution in [0.25, 0.3) is 10.9 Å². The molecule has 0 spiro atoms. The molecule has 2 aromatic carbocycles. The van der Waals surface area contributed by atoms with Crippen LogP contribution >= 0.6 is 0 Å². The van der Waals surface area contributed by atoms with Crippen molar-refractivity contribution in [3.63, 3.8) is 0 Å². The first-order valence-corrected chi connectivity index (χ1v) is 9.02. The Labute approximate surface area is 146 Å². The minimum absolute atomic E-state index is 0.0663. The Bertz CT molecular complexity index is 1050. The van der Waals surface area contributed by atoms with Gasteiger partial charge in [0.15, 0.2) is 0 Å². The molecule has 6 nitrogen and oxygen atoms in total. The summed E-state index contributed by atoms with van der Waals surface area (Å²) in [6, 6.07) is 17.1. The van der Waals surface area contributed by atoms with Gasteiger partial charge in [0.05, 0.1) is 10.4 Å². The van der Waals surface area contributed by atoms with Crippen molar-refractivity contribution in [1.82, 2.24) is 9.29 Å². The molecule has 1 aromatic heterocycles. The second kappa shape index (κ2) is 6.62. The van der Waals surface area contributed by atoms with E-state index in [-0.39, 0.29) is 10.5 Å². The average Bonchev–Trinajstić information content (AvgIpc) is 2.61. The number of nitrogens with one attached hydrogen (secondary N) is 1. The van der Waals surface area contributed by atoms with Crippen LogP contribution in [0.5, 0.6) is 0 Å². The number of hydrogen-bond donors (Lipinski definition) is 1. The summed E-state index contributed by atoms with van der Waals surface area (Å²) in [5, 5.41) is 3.67. The zero-order valence-corrected chi connectivity index (χ0v) is 14.6. The Kier molecular flexibility index (Phi) is 4.52. The van der Waals surface area contributed by atoms with Crippen LogP contribution in [0, 0.1) is 0 Å². The molecule has 0 aliphatic rings. The molecule has 0 atom stereocenters. The Hall–Kier alpha value is -2.77. The fourth-order valence-corrected chi connectivity index (χ4v) is 3.28. The number of amides is 1.